The molecule has 0 amide bonds. The minimum Gasteiger partial charge on any atom is -0.497 e. The molecule has 0 radical (unpaired) electrons. The van der Waals surface area contributed by atoms with Crippen LogP contribution in [0.4, 0.5) is 8.78 Å². The first-order valence-electron chi connectivity index (χ1n) is 11.6. The largest absolute Gasteiger partial charge is 0.497 e. The van der Waals surface area contributed by atoms with Crippen molar-refractivity contribution in [3.05, 3.63) is 77.5 Å². The molecule has 5 rings (SSSR count). The third-order valence-electron chi connectivity index (χ3n) is 6.93. The number of methoxy groups -OCH3 is 1. The minimum absolute atomic E-state index is 0.0931. The number of imidazole rings is 1. The normalized spacial score (nSPS) is 22.5. The van der Waals surface area contributed by atoms with Crippen LogP contribution < -0.4 is 10.5 Å². The number of rotatable bonds is 5. The van der Waals surface area contributed by atoms with Gasteiger partial charge in [0.2, 0.25) is 0 Å². The molecule has 0 saturated heterocycles. The summed E-state index contributed by atoms with van der Waals surface area (Å²) in [5.41, 5.74) is 8.95. The second-order valence-electron chi connectivity index (χ2n) is 9.25. The van der Waals surface area contributed by atoms with Crippen LogP contribution in [0.25, 0.3) is 16.8 Å². The second kappa shape index (κ2) is 9.31. The molecule has 9 heteroatoms. The van der Waals surface area contributed by atoms with Crippen molar-refractivity contribution < 1.29 is 18.6 Å². The number of hydrogen-bond acceptors (Lipinski definition) is 6. The number of nitrogens with two attached hydrogens (primary N) is 1. The van der Waals surface area contributed by atoms with Crippen molar-refractivity contribution in [3.63, 3.8) is 0 Å². The quantitative estimate of drug-likeness (QED) is 0.451. The number of ether oxygens (including phenoxy) is 1. The summed E-state index contributed by atoms with van der Waals surface area (Å²) >= 11 is 0. The summed E-state index contributed by atoms with van der Waals surface area (Å²) in [6.45, 7) is 2.02. The summed E-state index contributed by atoms with van der Waals surface area (Å²) in [6.07, 6.45) is 6.69. The molecular weight excluding hydrogens is 452 g/mol. The number of nitrogens with zero attached hydrogens (tertiary/aromatic N) is 4. The third-order valence-corrected chi connectivity index (χ3v) is 6.93. The molecule has 0 bridgehead atoms. The summed E-state index contributed by atoms with van der Waals surface area (Å²) < 4.78 is 35.9. The molecule has 0 spiro atoms. The first kappa shape index (κ1) is 23.3. The molecule has 3 heterocycles. The summed E-state index contributed by atoms with van der Waals surface area (Å²) in [6, 6.07) is 7.28. The molecule has 35 heavy (non-hydrogen) atoms. The molecule has 7 nitrogen and oxygen atoms in total. The van der Waals surface area contributed by atoms with E-state index >= 15 is 0 Å². The molecule has 1 saturated carbocycles. The Morgan fingerprint density at radius 2 is 1.91 bits per heavy atom. The van der Waals surface area contributed by atoms with Gasteiger partial charge in [-0.1, -0.05) is 6.92 Å². The molecule has 182 valence electrons. The van der Waals surface area contributed by atoms with Gasteiger partial charge >= 0.3 is 0 Å². The average molecular weight is 480 g/mol. The van der Waals surface area contributed by atoms with Gasteiger partial charge in [-0.3, -0.25) is 4.98 Å². The maximum absolute atomic E-state index is 14.7. The van der Waals surface area contributed by atoms with Gasteiger partial charge in [-0.25, -0.2) is 18.3 Å². The highest BCUT2D eigenvalue weighted by Gasteiger charge is 2.33. The fourth-order valence-electron chi connectivity index (χ4n) is 5.08. The van der Waals surface area contributed by atoms with Gasteiger partial charge in [0.15, 0.2) is 0 Å². The molecule has 4 aromatic rings. The van der Waals surface area contributed by atoms with Crippen molar-refractivity contribution in [2.24, 2.45) is 11.7 Å². The van der Waals surface area contributed by atoms with E-state index in [1.165, 1.54) is 7.11 Å². The maximum atomic E-state index is 14.7. The monoisotopic (exact) mass is 479 g/mol. The number of fused-ring (bicyclic) bond motifs is 1. The lowest BCUT2D eigenvalue weighted by atomic mass is 9.74. The Labute approximate surface area is 201 Å². The Bertz CT molecular complexity index is 1340. The van der Waals surface area contributed by atoms with E-state index in [2.05, 4.69) is 15.1 Å². The van der Waals surface area contributed by atoms with E-state index in [0.717, 1.165) is 29.7 Å². The molecule has 1 aliphatic carbocycles. The van der Waals surface area contributed by atoms with E-state index in [9.17, 15) is 13.9 Å². The lowest BCUT2D eigenvalue weighted by Crippen LogP contribution is -2.44. The molecule has 3 N–H and O–H groups in total. The van der Waals surface area contributed by atoms with Gasteiger partial charge in [-0.05, 0) is 54.0 Å². The zero-order chi connectivity index (χ0) is 24.7. The summed E-state index contributed by atoms with van der Waals surface area (Å²) in [7, 11) is 1.35. The molecule has 1 aliphatic rings. The highest BCUT2D eigenvalue weighted by molar-refractivity contribution is 5.63. The predicted octanol–water partition coefficient (Wildman–Crippen LogP) is 3.87. The number of aromatic nitrogens is 4. The van der Waals surface area contributed by atoms with Crippen molar-refractivity contribution in [3.8, 4) is 17.0 Å². The fourth-order valence-corrected chi connectivity index (χ4v) is 5.08. The van der Waals surface area contributed by atoms with Gasteiger partial charge in [0, 0.05) is 37.0 Å². The van der Waals surface area contributed by atoms with Crippen LogP contribution in [0, 0.1) is 17.6 Å². The van der Waals surface area contributed by atoms with Crippen LogP contribution in [0.3, 0.4) is 0 Å². The molecule has 1 aromatic carbocycles. The van der Waals surface area contributed by atoms with Crippen LogP contribution in [0.5, 0.6) is 5.75 Å². The van der Waals surface area contributed by atoms with Gasteiger partial charge in [0.1, 0.15) is 23.2 Å². The fraction of sp³-hybridized carbons (Fsp3) is 0.346. The van der Waals surface area contributed by atoms with Gasteiger partial charge in [-0.15, -0.1) is 0 Å². The highest BCUT2D eigenvalue weighted by atomic mass is 19.1. The van der Waals surface area contributed by atoms with Crippen LogP contribution in [0.2, 0.25) is 0 Å². The molecular formula is C26H27F2N5O2. The number of hydrogen-bond donors (Lipinski definition) is 2. The Kier molecular flexibility index (Phi) is 6.21. The summed E-state index contributed by atoms with van der Waals surface area (Å²) in [5, 5.41) is 14.8. The van der Waals surface area contributed by atoms with Gasteiger partial charge in [0.05, 0.1) is 36.2 Å². The van der Waals surface area contributed by atoms with Crippen LogP contribution in [-0.4, -0.2) is 43.9 Å². The van der Waals surface area contributed by atoms with Crippen molar-refractivity contribution in [2.75, 3.05) is 7.11 Å². The Morgan fingerprint density at radius 3 is 2.63 bits per heavy atom. The Balaban J connectivity index is 1.50. The molecule has 0 aliphatic heterocycles. The van der Waals surface area contributed by atoms with E-state index < -0.39 is 17.7 Å². The predicted molar refractivity (Wildman–Crippen MR) is 127 cm³/mol. The summed E-state index contributed by atoms with van der Waals surface area (Å²) in [5.74, 6) is -0.501. The van der Waals surface area contributed by atoms with Gasteiger partial charge in [-0.2, -0.15) is 5.10 Å². The molecule has 1 fully saturated rings. The third kappa shape index (κ3) is 4.37. The van der Waals surface area contributed by atoms with E-state index in [1.807, 2.05) is 19.2 Å². The van der Waals surface area contributed by atoms with E-state index in [-0.39, 0.29) is 34.9 Å². The van der Waals surface area contributed by atoms with Crippen LogP contribution in [0.15, 0.2) is 48.9 Å². The Morgan fingerprint density at radius 1 is 1.14 bits per heavy atom. The van der Waals surface area contributed by atoms with Gasteiger partial charge in [0.25, 0.3) is 0 Å². The standard InChI is InChI=1S/C26H27F2N5O2/c1-14-7-15(8-22(29)26(14)34)19-5-6-30-12-16(19)9-24-31-13-17-3-4-23(32-33(17)24)25-20(27)10-18(35-2)11-21(25)28/h3-6,10-15,22,26,34H,7-9,29H2,1-2H3/t14-,15+,22+,26+/m0/s1. The second-order valence-corrected chi connectivity index (χ2v) is 9.25. The number of aliphatic hydroxyl groups excluding tert-OH is 1. The van der Waals surface area contributed by atoms with Crippen molar-refractivity contribution in [2.45, 2.75) is 44.2 Å². The number of halogens is 2. The topological polar surface area (TPSA) is 98.6 Å². The zero-order valence-corrected chi connectivity index (χ0v) is 19.5. The molecule has 3 aromatic heterocycles. The molecule has 4 atom stereocenters. The number of aliphatic hydroxyl groups is 1. The lowest BCUT2D eigenvalue weighted by molar-refractivity contribution is 0.0519. The van der Waals surface area contributed by atoms with Crippen LogP contribution >= 0.6 is 0 Å². The van der Waals surface area contributed by atoms with Crippen LogP contribution in [0.1, 0.15) is 42.6 Å². The molecule has 0 unspecified atom stereocenters. The number of benzene rings is 1. The van der Waals surface area contributed by atoms with E-state index in [1.54, 1.807) is 29.0 Å². The highest BCUT2D eigenvalue weighted by Crippen LogP contribution is 2.37. The first-order chi connectivity index (χ1) is 16.9. The summed E-state index contributed by atoms with van der Waals surface area (Å²) in [4.78, 5) is 8.84. The minimum atomic E-state index is -0.755. The smallest absolute Gasteiger partial charge is 0.139 e. The average Bonchev–Trinajstić information content (AvgIpc) is 3.24. The maximum Gasteiger partial charge on any atom is 0.139 e. The lowest BCUT2D eigenvalue weighted by Gasteiger charge is -2.36. The number of pyridine rings is 1. The Hall–Kier alpha value is -3.43. The van der Waals surface area contributed by atoms with Crippen molar-refractivity contribution in [1.29, 1.82) is 0 Å². The van der Waals surface area contributed by atoms with Crippen LogP contribution in [-0.2, 0) is 6.42 Å². The first-order valence-corrected chi connectivity index (χ1v) is 11.6. The van der Waals surface area contributed by atoms with E-state index in [0.29, 0.717) is 24.2 Å². The zero-order valence-electron chi connectivity index (χ0n) is 19.5. The van der Waals surface area contributed by atoms with Gasteiger partial charge < -0.3 is 15.6 Å². The van der Waals surface area contributed by atoms with E-state index in [4.69, 9.17) is 10.5 Å². The van der Waals surface area contributed by atoms with Crippen molar-refractivity contribution >= 4 is 5.52 Å². The van der Waals surface area contributed by atoms with Crippen molar-refractivity contribution in [1.82, 2.24) is 19.6 Å². The SMILES string of the molecule is COc1cc(F)c(-c2ccc3cnc(Cc4cnccc4[C@H]4C[C@@H](N)[C@H](O)[C@@H](C)C4)n3n2)c(F)c1.